The highest BCUT2D eigenvalue weighted by Crippen LogP contribution is 2.41. The van der Waals surface area contributed by atoms with Gasteiger partial charge in [-0.1, -0.05) is 15.9 Å². The number of nitro groups is 1. The molecule has 0 amide bonds. The topological polar surface area (TPSA) is 73.8 Å². The Morgan fingerprint density at radius 3 is 2.80 bits per heavy atom. The molecule has 104 valence electrons. The predicted octanol–water partition coefficient (Wildman–Crippen LogP) is 3.22. The van der Waals surface area contributed by atoms with Crippen LogP contribution in [0, 0.1) is 15.9 Å². The molecule has 1 heterocycles. The minimum absolute atomic E-state index is 0.165. The van der Waals surface area contributed by atoms with Crippen molar-refractivity contribution in [3.05, 3.63) is 40.0 Å². The molecule has 0 saturated heterocycles. The number of benzene rings is 1. The Labute approximate surface area is 121 Å². The van der Waals surface area contributed by atoms with Crippen LogP contribution in [0.5, 0.6) is 0 Å². The van der Waals surface area contributed by atoms with Gasteiger partial charge >= 0.3 is 0 Å². The largest absolute Gasteiger partial charge is 0.307 e. The van der Waals surface area contributed by atoms with Gasteiger partial charge in [-0.25, -0.2) is 4.39 Å². The first-order valence-electron chi connectivity index (χ1n) is 6.06. The van der Waals surface area contributed by atoms with Crippen molar-refractivity contribution in [1.29, 1.82) is 0 Å². The lowest BCUT2D eigenvalue weighted by molar-refractivity contribution is -0.384. The van der Waals surface area contributed by atoms with Crippen LogP contribution in [0.15, 0.2) is 18.2 Å². The molecule has 1 fully saturated rings. The molecule has 0 atom stereocenters. The molecule has 1 aromatic carbocycles. The van der Waals surface area contributed by atoms with E-state index < -0.39 is 10.7 Å². The number of aromatic nitrogens is 3. The molecule has 2 aromatic rings. The molecule has 1 aromatic heterocycles. The van der Waals surface area contributed by atoms with Crippen LogP contribution in [0.4, 0.5) is 10.1 Å². The first kappa shape index (κ1) is 13.2. The number of hydrogen-bond acceptors (Lipinski definition) is 4. The minimum atomic E-state index is -0.533. The number of halogens is 2. The van der Waals surface area contributed by atoms with Gasteiger partial charge in [-0.3, -0.25) is 10.1 Å². The van der Waals surface area contributed by atoms with Crippen LogP contribution in [-0.4, -0.2) is 19.7 Å². The summed E-state index contributed by atoms with van der Waals surface area (Å²) in [5, 5.41) is 19.6. The van der Waals surface area contributed by atoms with E-state index in [2.05, 4.69) is 26.1 Å². The van der Waals surface area contributed by atoms with E-state index in [1.165, 1.54) is 0 Å². The van der Waals surface area contributed by atoms with Crippen LogP contribution in [0.25, 0.3) is 11.4 Å². The Kier molecular flexibility index (Phi) is 3.25. The van der Waals surface area contributed by atoms with Crippen LogP contribution >= 0.6 is 15.9 Å². The van der Waals surface area contributed by atoms with Gasteiger partial charge < -0.3 is 4.57 Å². The lowest BCUT2D eigenvalue weighted by atomic mass is 10.1. The molecule has 0 aliphatic heterocycles. The van der Waals surface area contributed by atoms with E-state index in [0.29, 0.717) is 17.0 Å². The summed E-state index contributed by atoms with van der Waals surface area (Å²) in [5.74, 6) is 0.519. The van der Waals surface area contributed by atoms with E-state index in [0.717, 1.165) is 31.0 Å². The fourth-order valence-corrected chi connectivity index (χ4v) is 2.54. The molecule has 6 nitrogen and oxygen atoms in total. The van der Waals surface area contributed by atoms with Crippen molar-refractivity contribution in [2.45, 2.75) is 24.2 Å². The average molecular weight is 341 g/mol. The Morgan fingerprint density at radius 1 is 1.45 bits per heavy atom. The lowest BCUT2D eigenvalue weighted by Gasteiger charge is -2.08. The average Bonchev–Trinajstić information content (AvgIpc) is 3.17. The zero-order valence-electron chi connectivity index (χ0n) is 10.3. The third-order valence-electron chi connectivity index (χ3n) is 3.19. The molecule has 0 N–H and O–H groups in total. The third-order valence-corrected chi connectivity index (χ3v) is 3.70. The molecular formula is C12H10BrFN4O2. The van der Waals surface area contributed by atoms with Crippen LogP contribution in [0.1, 0.15) is 24.7 Å². The Morgan fingerprint density at radius 2 is 2.20 bits per heavy atom. The standard InChI is InChI=1S/C12H10BrFN4O2/c13-6-11-15-16-12(17(11)8-2-3-8)9-5-7(14)1-4-10(9)18(19)20/h1,4-5,8H,2-3,6H2. The quantitative estimate of drug-likeness (QED) is 0.486. The molecule has 1 aliphatic carbocycles. The summed E-state index contributed by atoms with van der Waals surface area (Å²) in [4.78, 5) is 10.6. The maximum Gasteiger partial charge on any atom is 0.280 e. The zero-order valence-corrected chi connectivity index (χ0v) is 11.9. The van der Waals surface area contributed by atoms with E-state index in [1.807, 2.05) is 4.57 Å². The summed E-state index contributed by atoms with van der Waals surface area (Å²) in [5.41, 5.74) is 0.00317. The van der Waals surface area contributed by atoms with Gasteiger partial charge in [0.05, 0.1) is 15.8 Å². The minimum Gasteiger partial charge on any atom is -0.307 e. The summed E-state index contributed by atoms with van der Waals surface area (Å²) >= 11 is 3.32. The predicted molar refractivity (Wildman–Crippen MR) is 73.0 cm³/mol. The van der Waals surface area contributed by atoms with Crippen molar-refractivity contribution in [3.63, 3.8) is 0 Å². The summed E-state index contributed by atoms with van der Waals surface area (Å²) in [7, 11) is 0. The van der Waals surface area contributed by atoms with Crippen molar-refractivity contribution < 1.29 is 9.31 Å². The van der Waals surface area contributed by atoms with Crippen molar-refractivity contribution in [1.82, 2.24) is 14.8 Å². The highest BCUT2D eigenvalue weighted by Gasteiger charge is 2.32. The van der Waals surface area contributed by atoms with Crippen LogP contribution in [-0.2, 0) is 5.33 Å². The van der Waals surface area contributed by atoms with Gasteiger partial charge in [-0.05, 0) is 25.0 Å². The van der Waals surface area contributed by atoms with Gasteiger partial charge in [0, 0.05) is 12.1 Å². The first-order chi connectivity index (χ1) is 9.61. The fourth-order valence-electron chi connectivity index (χ4n) is 2.16. The summed E-state index contributed by atoms with van der Waals surface area (Å²) < 4.78 is 15.3. The zero-order chi connectivity index (χ0) is 14.3. The maximum absolute atomic E-state index is 13.4. The Bertz CT molecular complexity index is 684. The van der Waals surface area contributed by atoms with E-state index >= 15 is 0 Å². The van der Waals surface area contributed by atoms with Gasteiger partial charge in [0.15, 0.2) is 5.82 Å². The molecule has 20 heavy (non-hydrogen) atoms. The number of nitro benzene ring substituents is 1. The van der Waals surface area contributed by atoms with Gasteiger partial charge in [0.25, 0.3) is 5.69 Å². The molecule has 0 bridgehead atoms. The van der Waals surface area contributed by atoms with Gasteiger partial charge in [-0.2, -0.15) is 0 Å². The maximum atomic E-state index is 13.4. The van der Waals surface area contributed by atoms with Gasteiger partial charge in [-0.15, -0.1) is 10.2 Å². The SMILES string of the molecule is O=[N+]([O-])c1ccc(F)cc1-c1nnc(CBr)n1C1CC1. The number of rotatable bonds is 4. The highest BCUT2D eigenvalue weighted by molar-refractivity contribution is 9.08. The molecule has 1 saturated carbocycles. The van der Waals surface area contributed by atoms with E-state index in [4.69, 9.17) is 0 Å². The summed E-state index contributed by atoms with van der Waals surface area (Å²) in [6.45, 7) is 0. The van der Waals surface area contributed by atoms with Crippen molar-refractivity contribution in [2.24, 2.45) is 0 Å². The number of alkyl halides is 1. The van der Waals surface area contributed by atoms with Crippen LogP contribution < -0.4 is 0 Å². The lowest BCUT2D eigenvalue weighted by Crippen LogP contribution is -2.03. The van der Waals surface area contributed by atoms with Crippen LogP contribution in [0.2, 0.25) is 0 Å². The Hall–Kier alpha value is -1.83. The molecule has 1 aliphatic rings. The second kappa shape index (κ2) is 4.93. The summed E-state index contributed by atoms with van der Waals surface area (Å²) in [6, 6.07) is 3.62. The van der Waals surface area contributed by atoms with Gasteiger partial charge in [0.1, 0.15) is 11.6 Å². The van der Waals surface area contributed by atoms with E-state index in [1.54, 1.807) is 0 Å². The van der Waals surface area contributed by atoms with Crippen molar-refractivity contribution in [2.75, 3.05) is 0 Å². The van der Waals surface area contributed by atoms with E-state index in [9.17, 15) is 14.5 Å². The van der Waals surface area contributed by atoms with Crippen molar-refractivity contribution in [3.8, 4) is 11.4 Å². The number of nitrogens with zero attached hydrogens (tertiary/aromatic N) is 4. The molecule has 0 unspecified atom stereocenters. The molecule has 0 radical (unpaired) electrons. The highest BCUT2D eigenvalue weighted by atomic mass is 79.9. The van der Waals surface area contributed by atoms with Crippen LogP contribution in [0.3, 0.4) is 0 Å². The third kappa shape index (κ3) is 2.20. The molecular weight excluding hydrogens is 331 g/mol. The summed E-state index contributed by atoms with van der Waals surface area (Å²) in [6.07, 6.45) is 1.96. The Balaban J connectivity index is 2.20. The van der Waals surface area contributed by atoms with E-state index in [-0.39, 0.29) is 17.3 Å². The number of hydrogen-bond donors (Lipinski definition) is 0. The second-order valence-electron chi connectivity index (χ2n) is 4.59. The molecule has 3 rings (SSSR count). The molecule has 8 heteroatoms. The normalized spacial score (nSPS) is 14.5. The second-order valence-corrected chi connectivity index (χ2v) is 5.15. The smallest absolute Gasteiger partial charge is 0.280 e. The first-order valence-corrected chi connectivity index (χ1v) is 7.18. The molecule has 0 spiro atoms. The van der Waals surface area contributed by atoms with Gasteiger partial charge in [0.2, 0.25) is 0 Å². The van der Waals surface area contributed by atoms with Crippen molar-refractivity contribution >= 4 is 21.6 Å². The fraction of sp³-hybridized carbons (Fsp3) is 0.333. The monoisotopic (exact) mass is 340 g/mol.